The van der Waals surface area contributed by atoms with Crippen LogP contribution in [0.1, 0.15) is 36.0 Å². The fourth-order valence-corrected chi connectivity index (χ4v) is 5.19. The third kappa shape index (κ3) is 5.67. The maximum absolute atomic E-state index is 13.1. The lowest BCUT2D eigenvalue weighted by atomic mass is 10.2. The van der Waals surface area contributed by atoms with Gasteiger partial charge in [0, 0.05) is 40.2 Å². The van der Waals surface area contributed by atoms with Crippen LogP contribution in [0.5, 0.6) is 5.75 Å². The van der Waals surface area contributed by atoms with Gasteiger partial charge in [-0.3, -0.25) is 23.9 Å². The summed E-state index contributed by atoms with van der Waals surface area (Å²) in [6, 6.07) is 8.85. The summed E-state index contributed by atoms with van der Waals surface area (Å²) in [5, 5.41) is 6.54. The van der Waals surface area contributed by atoms with Crippen molar-refractivity contribution in [1.82, 2.24) is 19.9 Å². The number of thiophene rings is 1. The summed E-state index contributed by atoms with van der Waals surface area (Å²) in [7, 11) is 0. The van der Waals surface area contributed by atoms with E-state index in [1.807, 2.05) is 12.1 Å². The van der Waals surface area contributed by atoms with E-state index in [0.29, 0.717) is 37.4 Å². The Morgan fingerprint density at radius 1 is 1.19 bits per heavy atom. The zero-order valence-electron chi connectivity index (χ0n) is 19.8. The van der Waals surface area contributed by atoms with Crippen molar-refractivity contribution in [1.29, 1.82) is 0 Å². The first kappa shape index (κ1) is 24.6. The number of amides is 2. The lowest BCUT2D eigenvalue weighted by Gasteiger charge is -2.15. The van der Waals surface area contributed by atoms with E-state index in [2.05, 4.69) is 20.6 Å². The molecule has 0 aliphatic carbocycles. The quantitative estimate of drug-likeness (QED) is 0.325. The minimum atomic E-state index is -0.688. The Bertz CT molecular complexity index is 1470. The molecule has 11 heteroatoms. The lowest BCUT2D eigenvalue weighted by Crippen LogP contribution is -2.36. The van der Waals surface area contributed by atoms with E-state index in [1.54, 1.807) is 23.7 Å². The van der Waals surface area contributed by atoms with Crippen molar-refractivity contribution in [3.63, 3.8) is 0 Å². The van der Waals surface area contributed by atoms with Crippen LogP contribution in [0.2, 0.25) is 0 Å². The molecule has 5 rings (SSSR count). The van der Waals surface area contributed by atoms with Gasteiger partial charge in [0.15, 0.2) is 0 Å². The molecule has 0 fully saturated rings. The standard InChI is InChI=1S/C26H24FN5O4S/c27-17-3-5-18(6-4-17)36-11-1-2-24(33)31-20-15-29-23-8-7-21(32(23)26(20)35)25(34)30-14-19-12-16-13-28-10-9-22(16)37-19/h3-6,9-10,12-13,15,21H,1-2,7-8,11,14H2,(H,30,34)(H,31,33)/t21-/m0/s1. The minimum absolute atomic E-state index is 0.0323. The molecule has 1 aliphatic heterocycles. The average molecular weight is 522 g/mol. The second-order valence-electron chi connectivity index (χ2n) is 8.62. The molecule has 0 bridgehead atoms. The first-order chi connectivity index (χ1) is 18.0. The summed E-state index contributed by atoms with van der Waals surface area (Å²) in [5.74, 6) is 0.0510. The van der Waals surface area contributed by atoms with Gasteiger partial charge in [0.25, 0.3) is 5.56 Å². The largest absolute Gasteiger partial charge is 0.494 e. The molecule has 1 aliphatic rings. The minimum Gasteiger partial charge on any atom is -0.494 e. The van der Waals surface area contributed by atoms with E-state index in [9.17, 15) is 18.8 Å². The van der Waals surface area contributed by atoms with Crippen molar-refractivity contribution < 1.29 is 18.7 Å². The van der Waals surface area contributed by atoms with Crippen molar-refractivity contribution in [3.05, 3.63) is 81.9 Å². The van der Waals surface area contributed by atoms with Gasteiger partial charge in [-0.25, -0.2) is 9.37 Å². The monoisotopic (exact) mass is 521 g/mol. The van der Waals surface area contributed by atoms with Crippen LogP contribution in [-0.2, 0) is 22.6 Å². The molecule has 4 heterocycles. The SMILES string of the molecule is O=C(CCCOc1ccc(F)cc1)Nc1cnc2n(c1=O)[C@H](C(=O)NCc1cc3cnccc3s1)CC2. The topological polar surface area (TPSA) is 115 Å². The van der Waals surface area contributed by atoms with Gasteiger partial charge in [-0.15, -0.1) is 11.3 Å². The van der Waals surface area contributed by atoms with E-state index in [-0.39, 0.29) is 36.3 Å². The van der Waals surface area contributed by atoms with E-state index < -0.39 is 11.6 Å². The Balaban J connectivity index is 1.17. The van der Waals surface area contributed by atoms with E-state index in [1.165, 1.54) is 35.0 Å². The summed E-state index contributed by atoms with van der Waals surface area (Å²) >= 11 is 1.58. The van der Waals surface area contributed by atoms with E-state index >= 15 is 0 Å². The molecule has 3 aromatic heterocycles. The summed E-state index contributed by atoms with van der Waals surface area (Å²) in [4.78, 5) is 47.9. The van der Waals surface area contributed by atoms with Crippen molar-refractivity contribution in [2.75, 3.05) is 11.9 Å². The van der Waals surface area contributed by atoms with Gasteiger partial charge >= 0.3 is 0 Å². The van der Waals surface area contributed by atoms with Gasteiger partial charge in [-0.1, -0.05) is 0 Å². The molecule has 2 amide bonds. The van der Waals surface area contributed by atoms with Crippen LogP contribution in [0.15, 0.2) is 59.8 Å². The van der Waals surface area contributed by atoms with Gasteiger partial charge in [0.1, 0.15) is 29.1 Å². The molecule has 9 nitrogen and oxygen atoms in total. The number of nitrogens with zero attached hydrogens (tertiary/aromatic N) is 3. The van der Waals surface area contributed by atoms with E-state index in [4.69, 9.17) is 4.74 Å². The Morgan fingerprint density at radius 2 is 2.03 bits per heavy atom. The smallest absolute Gasteiger partial charge is 0.278 e. The molecule has 0 saturated carbocycles. The Morgan fingerprint density at radius 3 is 2.84 bits per heavy atom. The zero-order chi connectivity index (χ0) is 25.8. The van der Waals surface area contributed by atoms with Crippen LogP contribution in [0.3, 0.4) is 0 Å². The third-order valence-corrected chi connectivity index (χ3v) is 7.15. The first-order valence-electron chi connectivity index (χ1n) is 11.9. The van der Waals surface area contributed by atoms with Crippen molar-refractivity contribution in [3.8, 4) is 5.75 Å². The third-order valence-electron chi connectivity index (χ3n) is 6.03. The number of rotatable bonds is 9. The molecular weight excluding hydrogens is 497 g/mol. The van der Waals surface area contributed by atoms with Crippen molar-refractivity contribution in [2.24, 2.45) is 0 Å². The summed E-state index contributed by atoms with van der Waals surface area (Å²) in [6.45, 7) is 0.613. The fourth-order valence-electron chi connectivity index (χ4n) is 4.22. The number of aromatic nitrogens is 3. The maximum atomic E-state index is 13.1. The van der Waals surface area contributed by atoms with E-state index in [0.717, 1.165) is 15.0 Å². The van der Waals surface area contributed by atoms with Gasteiger partial charge in [-0.05, 0) is 49.2 Å². The summed E-state index contributed by atoms with van der Waals surface area (Å²) < 4.78 is 20.9. The Kier molecular flexibility index (Phi) is 7.22. The number of fused-ring (bicyclic) bond motifs is 2. The van der Waals surface area contributed by atoms with Crippen molar-refractivity contribution >= 4 is 38.9 Å². The van der Waals surface area contributed by atoms with Crippen molar-refractivity contribution in [2.45, 2.75) is 38.3 Å². The first-order valence-corrected chi connectivity index (χ1v) is 12.7. The lowest BCUT2D eigenvalue weighted by molar-refractivity contribution is -0.124. The number of hydrogen-bond donors (Lipinski definition) is 2. The number of anilines is 1. The van der Waals surface area contributed by atoms with Gasteiger partial charge in [-0.2, -0.15) is 0 Å². The van der Waals surface area contributed by atoms with Gasteiger partial charge < -0.3 is 15.4 Å². The second kappa shape index (κ2) is 10.9. The van der Waals surface area contributed by atoms with Crippen LogP contribution in [0.4, 0.5) is 10.1 Å². The number of carbonyl (C=O) groups is 2. The second-order valence-corrected chi connectivity index (χ2v) is 9.78. The summed E-state index contributed by atoms with van der Waals surface area (Å²) in [5.41, 5.74) is -0.420. The van der Waals surface area contributed by atoms with Gasteiger partial charge in [0.2, 0.25) is 11.8 Å². The van der Waals surface area contributed by atoms with Crippen LogP contribution < -0.4 is 20.9 Å². The molecule has 0 radical (unpaired) electrons. The number of aryl methyl sites for hydroxylation is 1. The molecule has 0 saturated heterocycles. The highest BCUT2D eigenvalue weighted by Crippen LogP contribution is 2.26. The average Bonchev–Trinajstić information content (AvgIpc) is 3.52. The normalized spacial score (nSPS) is 14.4. The summed E-state index contributed by atoms with van der Waals surface area (Å²) in [6.07, 6.45) is 6.34. The molecule has 1 atom stereocenters. The van der Waals surface area contributed by atoms with Crippen LogP contribution in [-0.4, -0.2) is 33.0 Å². The number of pyridine rings is 1. The van der Waals surface area contributed by atoms with Crippen LogP contribution in [0, 0.1) is 5.82 Å². The number of halogens is 1. The Hall–Kier alpha value is -4.12. The van der Waals surface area contributed by atoms with Crippen LogP contribution >= 0.6 is 11.3 Å². The molecule has 37 heavy (non-hydrogen) atoms. The molecule has 1 aromatic carbocycles. The predicted octanol–water partition coefficient (Wildman–Crippen LogP) is 3.59. The molecule has 2 N–H and O–H groups in total. The molecule has 190 valence electrons. The van der Waals surface area contributed by atoms with Gasteiger partial charge in [0.05, 0.1) is 19.3 Å². The highest BCUT2D eigenvalue weighted by Gasteiger charge is 2.31. The maximum Gasteiger partial charge on any atom is 0.278 e. The number of ether oxygens (including phenoxy) is 1. The molecular formula is C26H24FN5O4S. The number of hydrogen-bond acceptors (Lipinski definition) is 7. The zero-order valence-corrected chi connectivity index (χ0v) is 20.6. The fraction of sp³-hybridized carbons (Fsp3) is 0.269. The predicted molar refractivity (Wildman–Crippen MR) is 137 cm³/mol. The highest BCUT2D eigenvalue weighted by atomic mass is 32.1. The number of nitrogens with one attached hydrogen (secondary N) is 2. The number of carbonyl (C=O) groups excluding carboxylic acids is 2. The van der Waals surface area contributed by atoms with Crippen LogP contribution in [0.25, 0.3) is 10.1 Å². The molecule has 0 spiro atoms. The molecule has 0 unspecified atom stereocenters. The number of benzene rings is 1. The highest BCUT2D eigenvalue weighted by molar-refractivity contribution is 7.19. The Labute approximate surface area is 215 Å². The molecule has 4 aromatic rings.